The number of phenolic OH excluding ortho intramolecular Hbond substituents is 1. The first-order valence-corrected chi connectivity index (χ1v) is 5.65. The third kappa shape index (κ3) is 4.80. The number of phenols is 1. The number of hydrogen-bond donors (Lipinski definition) is 3. The van der Waals surface area contributed by atoms with Gasteiger partial charge in [0.15, 0.2) is 5.96 Å². The van der Waals surface area contributed by atoms with Gasteiger partial charge in [-0.05, 0) is 30.5 Å². The average molecular weight is 347 g/mol. The smallest absolute Gasteiger partial charge is 0.191 e. The Morgan fingerprint density at radius 1 is 1.29 bits per heavy atom. The molecular formula is C12H18IN3O. The van der Waals surface area contributed by atoms with Crippen molar-refractivity contribution in [3.8, 4) is 5.75 Å². The number of nitrogens with one attached hydrogen (secondary N) is 2. The molecule has 0 aliphatic carbocycles. The Bertz CT molecular complexity index is 365. The van der Waals surface area contributed by atoms with Gasteiger partial charge in [-0.3, -0.25) is 4.99 Å². The van der Waals surface area contributed by atoms with Crippen molar-refractivity contribution in [3.05, 3.63) is 29.8 Å². The van der Waals surface area contributed by atoms with Crippen LogP contribution in [0.5, 0.6) is 5.75 Å². The number of aromatic hydroxyl groups is 1. The molecule has 0 radical (unpaired) electrons. The number of aliphatic imine (C=N–C) groups is 1. The van der Waals surface area contributed by atoms with Gasteiger partial charge in [0.05, 0.1) is 0 Å². The summed E-state index contributed by atoms with van der Waals surface area (Å²) in [7, 11) is 0. The van der Waals surface area contributed by atoms with Gasteiger partial charge in [-0.2, -0.15) is 0 Å². The molecule has 5 heteroatoms. The predicted octanol–water partition coefficient (Wildman–Crippen LogP) is 1.49. The van der Waals surface area contributed by atoms with Gasteiger partial charge in [-0.15, -0.1) is 24.0 Å². The van der Waals surface area contributed by atoms with Crippen LogP contribution in [-0.4, -0.2) is 30.7 Å². The van der Waals surface area contributed by atoms with Crippen LogP contribution in [0.4, 0.5) is 0 Å². The lowest BCUT2D eigenvalue weighted by atomic mass is 10.1. The minimum absolute atomic E-state index is 0. The molecule has 3 N–H and O–H groups in total. The Kier molecular flexibility index (Phi) is 6.10. The molecular weight excluding hydrogens is 329 g/mol. The SMILES string of the molecule is I.Oc1ccc(CCNC2=NCCCN2)cc1. The minimum atomic E-state index is 0. The lowest BCUT2D eigenvalue weighted by Crippen LogP contribution is -2.41. The molecule has 1 aliphatic heterocycles. The van der Waals surface area contributed by atoms with Crippen LogP contribution in [0.2, 0.25) is 0 Å². The second-order valence-corrected chi connectivity index (χ2v) is 3.85. The van der Waals surface area contributed by atoms with Crippen molar-refractivity contribution in [2.75, 3.05) is 19.6 Å². The summed E-state index contributed by atoms with van der Waals surface area (Å²) in [5, 5.41) is 15.6. The molecule has 94 valence electrons. The van der Waals surface area contributed by atoms with E-state index < -0.39 is 0 Å². The molecule has 0 fully saturated rings. The predicted molar refractivity (Wildman–Crippen MR) is 80.2 cm³/mol. The van der Waals surface area contributed by atoms with Gasteiger partial charge in [0.2, 0.25) is 0 Å². The second kappa shape index (κ2) is 7.37. The van der Waals surface area contributed by atoms with Gasteiger partial charge in [0.1, 0.15) is 5.75 Å². The van der Waals surface area contributed by atoms with Gasteiger partial charge in [-0.1, -0.05) is 12.1 Å². The standard InChI is InChI=1S/C12H17N3O.HI/c16-11-4-2-10(3-5-11)6-9-15-12-13-7-1-8-14-12;/h2-5,16H,1,6-9H2,(H2,13,14,15);1H. The van der Waals surface area contributed by atoms with Crippen molar-refractivity contribution < 1.29 is 5.11 Å². The van der Waals surface area contributed by atoms with Crippen LogP contribution in [-0.2, 0) is 6.42 Å². The first kappa shape index (κ1) is 14.1. The summed E-state index contributed by atoms with van der Waals surface area (Å²) in [5.74, 6) is 1.22. The maximum absolute atomic E-state index is 9.14. The molecule has 1 aromatic carbocycles. The molecule has 1 aliphatic rings. The van der Waals surface area contributed by atoms with Crippen LogP contribution in [0.3, 0.4) is 0 Å². The van der Waals surface area contributed by atoms with Gasteiger partial charge in [0.25, 0.3) is 0 Å². The maximum atomic E-state index is 9.14. The topological polar surface area (TPSA) is 56.6 Å². The lowest BCUT2D eigenvalue weighted by Gasteiger charge is -2.15. The van der Waals surface area contributed by atoms with Crippen LogP contribution < -0.4 is 10.6 Å². The van der Waals surface area contributed by atoms with Crippen LogP contribution >= 0.6 is 24.0 Å². The molecule has 0 atom stereocenters. The Morgan fingerprint density at radius 2 is 2.06 bits per heavy atom. The molecule has 0 spiro atoms. The summed E-state index contributed by atoms with van der Waals surface area (Å²) >= 11 is 0. The number of halogens is 1. The number of rotatable bonds is 3. The van der Waals surface area contributed by atoms with Crippen LogP contribution in [0.15, 0.2) is 29.3 Å². The highest BCUT2D eigenvalue weighted by Gasteiger charge is 2.02. The van der Waals surface area contributed by atoms with E-state index in [4.69, 9.17) is 5.11 Å². The van der Waals surface area contributed by atoms with E-state index in [2.05, 4.69) is 15.6 Å². The highest BCUT2D eigenvalue weighted by atomic mass is 127. The lowest BCUT2D eigenvalue weighted by molar-refractivity contribution is 0.475. The van der Waals surface area contributed by atoms with E-state index in [9.17, 15) is 0 Å². The van der Waals surface area contributed by atoms with Crippen LogP contribution in [0.1, 0.15) is 12.0 Å². The number of hydrogen-bond acceptors (Lipinski definition) is 4. The molecule has 1 heterocycles. The van der Waals surface area contributed by atoms with Crippen molar-refractivity contribution in [3.63, 3.8) is 0 Å². The number of nitrogens with zero attached hydrogens (tertiary/aromatic N) is 1. The van der Waals surface area contributed by atoms with E-state index in [1.54, 1.807) is 12.1 Å². The Hall–Kier alpha value is -0.980. The summed E-state index contributed by atoms with van der Waals surface area (Å²) in [6.45, 7) is 2.77. The Balaban J connectivity index is 0.00000144. The normalized spacial score (nSPS) is 14.2. The monoisotopic (exact) mass is 347 g/mol. The van der Waals surface area contributed by atoms with E-state index in [-0.39, 0.29) is 24.0 Å². The highest BCUT2D eigenvalue weighted by Crippen LogP contribution is 2.09. The molecule has 17 heavy (non-hydrogen) atoms. The zero-order valence-corrected chi connectivity index (χ0v) is 12.0. The van der Waals surface area contributed by atoms with E-state index in [1.165, 1.54) is 5.56 Å². The third-order valence-electron chi connectivity index (χ3n) is 2.54. The zero-order chi connectivity index (χ0) is 11.2. The fraction of sp³-hybridized carbons (Fsp3) is 0.417. The van der Waals surface area contributed by atoms with Crippen molar-refractivity contribution >= 4 is 29.9 Å². The number of benzene rings is 1. The fourth-order valence-corrected chi connectivity index (χ4v) is 1.64. The molecule has 0 saturated carbocycles. The van der Waals surface area contributed by atoms with E-state index in [0.29, 0.717) is 5.75 Å². The van der Waals surface area contributed by atoms with E-state index in [0.717, 1.165) is 38.4 Å². The second-order valence-electron chi connectivity index (χ2n) is 3.85. The van der Waals surface area contributed by atoms with Crippen LogP contribution in [0.25, 0.3) is 0 Å². The summed E-state index contributed by atoms with van der Waals surface area (Å²) in [4.78, 5) is 4.33. The van der Waals surface area contributed by atoms with E-state index in [1.807, 2.05) is 12.1 Å². The van der Waals surface area contributed by atoms with Gasteiger partial charge >= 0.3 is 0 Å². The first-order chi connectivity index (χ1) is 7.84. The Morgan fingerprint density at radius 3 is 2.71 bits per heavy atom. The van der Waals surface area contributed by atoms with Gasteiger partial charge in [-0.25, -0.2) is 0 Å². The quantitative estimate of drug-likeness (QED) is 0.727. The Labute approximate surface area is 119 Å². The van der Waals surface area contributed by atoms with E-state index >= 15 is 0 Å². The molecule has 0 bridgehead atoms. The molecule has 2 rings (SSSR count). The van der Waals surface area contributed by atoms with Crippen molar-refractivity contribution in [2.24, 2.45) is 4.99 Å². The summed E-state index contributed by atoms with van der Waals surface area (Å²) in [5.41, 5.74) is 1.21. The summed E-state index contributed by atoms with van der Waals surface area (Å²) < 4.78 is 0. The minimum Gasteiger partial charge on any atom is -0.508 e. The highest BCUT2D eigenvalue weighted by molar-refractivity contribution is 14.0. The average Bonchev–Trinajstić information content (AvgIpc) is 2.33. The van der Waals surface area contributed by atoms with Crippen molar-refractivity contribution in [1.82, 2.24) is 10.6 Å². The maximum Gasteiger partial charge on any atom is 0.191 e. The van der Waals surface area contributed by atoms with Gasteiger partial charge in [0, 0.05) is 19.6 Å². The largest absolute Gasteiger partial charge is 0.508 e. The molecule has 1 aromatic rings. The fourth-order valence-electron chi connectivity index (χ4n) is 1.64. The zero-order valence-electron chi connectivity index (χ0n) is 9.65. The molecule has 0 unspecified atom stereocenters. The summed E-state index contributed by atoms with van der Waals surface area (Å²) in [6, 6.07) is 7.30. The number of guanidine groups is 1. The molecule has 4 nitrogen and oxygen atoms in total. The van der Waals surface area contributed by atoms with Gasteiger partial charge < -0.3 is 15.7 Å². The van der Waals surface area contributed by atoms with Crippen molar-refractivity contribution in [1.29, 1.82) is 0 Å². The van der Waals surface area contributed by atoms with Crippen LogP contribution in [0, 0.1) is 0 Å². The molecule has 0 aromatic heterocycles. The molecule has 0 amide bonds. The summed E-state index contributed by atoms with van der Waals surface area (Å²) in [6.07, 6.45) is 2.05. The van der Waals surface area contributed by atoms with Crippen molar-refractivity contribution in [2.45, 2.75) is 12.8 Å². The third-order valence-corrected chi connectivity index (χ3v) is 2.54. The molecule has 0 saturated heterocycles. The first-order valence-electron chi connectivity index (χ1n) is 5.65.